The Balaban J connectivity index is 2.84. The minimum atomic E-state index is -0.212. The fourth-order valence-electron chi connectivity index (χ4n) is 2.25. The molecule has 0 bridgehead atoms. The van der Waals surface area contributed by atoms with Crippen molar-refractivity contribution in [3.8, 4) is 0 Å². The predicted octanol–water partition coefficient (Wildman–Crippen LogP) is 2.80. The third kappa shape index (κ3) is 4.20. The molecule has 1 heterocycles. The molecule has 0 saturated heterocycles. The quantitative estimate of drug-likeness (QED) is 0.839. The maximum absolute atomic E-state index is 6.39. The lowest BCUT2D eigenvalue weighted by atomic mass is 9.96. The second-order valence-electron chi connectivity index (χ2n) is 5.51. The predicted molar refractivity (Wildman–Crippen MR) is 79.7 cm³/mol. The molecule has 0 spiro atoms. The van der Waals surface area contributed by atoms with E-state index in [1.165, 1.54) is 0 Å². The number of rotatable bonds is 7. The number of aromatic nitrogens is 2. The van der Waals surface area contributed by atoms with Crippen LogP contribution in [0.1, 0.15) is 45.5 Å². The third-order valence-corrected chi connectivity index (χ3v) is 3.89. The molecule has 0 saturated carbocycles. The van der Waals surface area contributed by atoms with Crippen LogP contribution in [0.15, 0.2) is 0 Å². The average Bonchev–Trinajstić information content (AvgIpc) is 2.65. The van der Waals surface area contributed by atoms with E-state index in [1.54, 1.807) is 7.11 Å². The highest BCUT2D eigenvalue weighted by Gasteiger charge is 2.23. The van der Waals surface area contributed by atoms with Gasteiger partial charge in [-0.1, -0.05) is 18.5 Å². The molecule has 4 nitrogen and oxygen atoms in total. The lowest BCUT2D eigenvalue weighted by molar-refractivity contribution is 0.0101. The molecule has 0 aromatic carbocycles. The number of aryl methyl sites for hydroxylation is 2. The molecule has 110 valence electrons. The van der Waals surface area contributed by atoms with Crippen LogP contribution < -0.4 is 5.73 Å². The van der Waals surface area contributed by atoms with Crippen LogP contribution in [0, 0.1) is 0 Å². The maximum atomic E-state index is 6.39. The first-order valence-corrected chi connectivity index (χ1v) is 7.27. The minimum absolute atomic E-state index is 0.0131. The number of hydrogen-bond acceptors (Lipinski definition) is 3. The second kappa shape index (κ2) is 6.73. The molecule has 5 heteroatoms. The van der Waals surface area contributed by atoms with Gasteiger partial charge < -0.3 is 10.5 Å². The first-order chi connectivity index (χ1) is 8.84. The summed E-state index contributed by atoms with van der Waals surface area (Å²) in [7, 11) is 1.71. The van der Waals surface area contributed by atoms with Gasteiger partial charge in [-0.2, -0.15) is 5.10 Å². The van der Waals surface area contributed by atoms with Crippen molar-refractivity contribution < 1.29 is 4.74 Å². The van der Waals surface area contributed by atoms with Gasteiger partial charge in [0.1, 0.15) is 0 Å². The van der Waals surface area contributed by atoms with Crippen molar-refractivity contribution in [1.82, 2.24) is 9.78 Å². The fourth-order valence-corrected chi connectivity index (χ4v) is 2.59. The van der Waals surface area contributed by atoms with E-state index in [4.69, 9.17) is 22.1 Å². The molecule has 1 atom stereocenters. The maximum Gasteiger partial charge on any atom is 0.0850 e. The van der Waals surface area contributed by atoms with Gasteiger partial charge in [0.2, 0.25) is 0 Å². The number of nitrogens with zero attached hydrogens (tertiary/aromatic N) is 2. The van der Waals surface area contributed by atoms with E-state index in [1.807, 2.05) is 18.5 Å². The van der Waals surface area contributed by atoms with Crippen molar-refractivity contribution in [1.29, 1.82) is 0 Å². The van der Waals surface area contributed by atoms with Crippen LogP contribution in [0.25, 0.3) is 0 Å². The number of hydrogen-bond donors (Lipinski definition) is 1. The van der Waals surface area contributed by atoms with Crippen LogP contribution in [0.3, 0.4) is 0 Å². The van der Waals surface area contributed by atoms with Gasteiger partial charge in [0.15, 0.2) is 0 Å². The summed E-state index contributed by atoms with van der Waals surface area (Å²) in [5.41, 5.74) is 8.02. The molecule has 19 heavy (non-hydrogen) atoms. The highest BCUT2D eigenvalue weighted by atomic mass is 35.5. The standard InChI is InChI=1S/C14H26ClN3O/c1-6-11-13(15)12(18(7-2)17-11)8-10(16)9-14(3,4)19-5/h10H,6-9,16H2,1-5H3. The van der Waals surface area contributed by atoms with Gasteiger partial charge >= 0.3 is 0 Å². The highest BCUT2D eigenvalue weighted by Crippen LogP contribution is 2.24. The normalized spacial score (nSPS) is 13.8. The minimum Gasteiger partial charge on any atom is -0.379 e. The number of nitrogens with two attached hydrogens (primary N) is 1. The highest BCUT2D eigenvalue weighted by molar-refractivity contribution is 6.31. The molecular weight excluding hydrogens is 262 g/mol. The summed E-state index contributed by atoms with van der Waals surface area (Å²) >= 11 is 6.39. The number of halogens is 1. The van der Waals surface area contributed by atoms with E-state index >= 15 is 0 Å². The van der Waals surface area contributed by atoms with E-state index < -0.39 is 0 Å². The number of methoxy groups -OCH3 is 1. The van der Waals surface area contributed by atoms with E-state index in [0.29, 0.717) is 0 Å². The monoisotopic (exact) mass is 287 g/mol. The van der Waals surface area contributed by atoms with Crippen LogP contribution >= 0.6 is 11.6 Å². The number of ether oxygens (including phenoxy) is 1. The zero-order valence-electron chi connectivity index (χ0n) is 12.7. The van der Waals surface area contributed by atoms with Gasteiger partial charge in [-0.25, -0.2) is 0 Å². The van der Waals surface area contributed by atoms with Gasteiger partial charge in [-0.3, -0.25) is 4.68 Å². The lowest BCUT2D eigenvalue weighted by Gasteiger charge is -2.26. The van der Waals surface area contributed by atoms with Crippen LogP contribution in [0.2, 0.25) is 5.02 Å². The summed E-state index contributed by atoms with van der Waals surface area (Å²) in [6.45, 7) is 9.03. The second-order valence-corrected chi connectivity index (χ2v) is 5.89. The molecule has 0 aliphatic carbocycles. The van der Waals surface area contributed by atoms with E-state index in [-0.39, 0.29) is 11.6 Å². The van der Waals surface area contributed by atoms with Crippen molar-refractivity contribution in [2.75, 3.05) is 7.11 Å². The molecule has 0 aliphatic heterocycles. The molecular formula is C14H26ClN3O. The smallest absolute Gasteiger partial charge is 0.0850 e. The zero-order chi connectivity index (χ0) is 14.6. The van der Waals surface area contributed by atoms with Crippen LogP contribution in [-0.4, -0.2) is 28.5 Å². The van der Waals surface area contributed by atoms with Crippen LogP contribution in [0.4, 0.5) is 0 Å². The van der Waals surface area contributed by atoms with Crippen LogP contribution in [-0.2, 0) is 24.1 Å². The molecule has 1 unspecified atom stereocenters. The summed E-state index contributed by atoms with van der Waals surface area (Å²) in [4.78, 5) is 0. The van der Waals surface area contributed by atoms with Gasteiger partial charge in [0.25, 0.3) is 0 Å². The van der Waals surface area contributed by atoms with E-state index in [0.717, 1.165) is 42.2 Å². The van der Waals surface area contributed by atoms with E-state index in [2.05, 4.69) is 18.9 Å². The van der Waals surface area contributed by atoms with Gasteiger partial charge in [0, 0.05) is 26.1 Å². The van der Waals surface area contributed by atoms with Crippen LogP contribution in [0.5, 0.6) is 0 Å². The Morgan fingerprint density at radius 2 is 2.05 bits per heavy atom. The molecule has 1 rings (SSSR count). The van der Waals surface area contributed by atoms with Gasteiger partial charge in [-0.15, -0.1) is 0 Å². The Hall–Kier alpha value is -0.580. The molecule has 0 aliphatic rings. The molecule has 1 aromatic rings. The van der Waals surface area contributed by atoms with Crippen molar-refractivity contribution >= 4 is 11.6 Å². The van der Waals surface area contributed by atoms with Gasteiger partial charge in [0.05, 0.1) is 22.0 Å². The Morgan fingerprint density at radius 1 is 1.42 bits per heavy atom. The Morgan fingerprint density at radius 3 is 2.53 bits per heavy atom. The van der Waals surface area contributed by atoms with Gasteiger partial charge in [-0.05, 0) is 33.6 Å². The fraction of sp³-hybridized carbons (Fsp3) is 0.786. The third-order valence-electron chi connectivity index (χ3n) is 3.46. The SMILES string of the molecule is CCc1nn(CC)c(CC(N)CC(C)(C)OC)c1Cl. The van der Waals surface area contributed by atoms with Crippen molar-refractivity contribution in [3.63, 3.8) is 0 Å². The molecule has 2 N–H and O–H groups in total. The molecule has 0 radical (unpaired) electrons. The summed E-state index contributed by atoms with van der Waals surface area (Å²) in [5, 5.41) is 5.29. The van der Waals surface area contributed by atoms with Crippen molar-refractivity contribution in [2.24, 2.45) is 5.73 Å². The average molecular weight is 288 g/mol. The first kappa shape index (κ1) is 16.5. The van der Waals surface area contributed by atoms with Crippen molar-refractivity contribution in [2.45, 2.75) is 65.1 Å². The molecule has 0 amide bonds. The zero-order valence-corrected chi connectivity index (χ0v) is 13.4. The first-order valence-electron chi connectivity index (χ1n) is 6.89. The molecule has 1 aromatic heterocycles. The van der Waals surface area contributed by atoms with Crippen molar-refractivity contribution in [3.05, 3.63) is 16.4 Å². The summed E-state index contributed by atoms with van der Waals surface area (Å²) in [6.07, 6.45) is 2.36. The Labute approximate surface area is 121 Å². The summed E-state index contributed by atoms with van der Waals surface area (Å²) in [6, 6.07) is 0.0131. The molecule has 0 fully saturated rings. The topological polar surface area (TPSA) is 53.1 Å². The summed E-state index contributed by atoms with van der Waals surface area (Å²) in [5.74, 6) is 0. The largest absolute Gasteiger partial charge is 0.379 e. The summed E-state index contributed by atoms with van der Waals surface area (Å²) < 4.78 is 7.38. The Kier molecular flexibility index (Phi) is 5.83. The lowest BCUT2D eigenvalue weighted by Crippen LogP contribution is -2.35. The van der Waals surface area contributed by atoms with E-state index in [9.17, 15) is 0 Å². The Bertz CT molecular complexity index is 415.